The largest absolute Gasteiger partial charge is 0.345 e. The van der Waals surface area contributed by atoms with E-state index in [0.29, 0.717) is 19.6 Å². The molecular formula is C20H21FN4OS. The lowest BCUT2D eigenvalue weighted by Crippen LogP contribution is -2.51. The Kier molecular flexibility index (Phi) is 4.94. The minimum absolute atomic E-state index is 0.0841. The summed E-state index contributed by atoms with van der Waals surface area (Å²) in [6.45, 7) is 5.33. The molecule has 0 spiro atoms. The minimum atomic E-state index is -0.272. The second kappa shape index (κ2) is 7.52. The summed E-state index contributed by atoms with van der Waals surface area (Å²) >= 11 is 1.70. The summed E-state index contributed by atoms with van der Waals surface area (Å²) in [5, 5.41) is 3.92. The number of rotatable bonds is 3. The molecule has 1 N–H and O–H groups in total. The first-order chi connectivity index (χ1) is 13.1. The number of piperazine rings is 1. The molecule has 0 radical (unpaired) electrons. The van der Waals surface area contributed by atoms with Crippen molar-refractivity contribution < 1.29 is 9.18 Å². The molecule has 4 rings (SSSR count). The highest BCUT2D eigenvalue weighted by Gasteiger charge is 2.23. The van der Waals surface area contributed by atoms with Crippen LogP contribution >= 0.6 is 11.3 Å². The van der Waals surface area contributed by atoms with E-state index in [1.165, 1.54) is 22.4 Å². The average Bonchev–Trinajstić information content (AvgIpc) is 3.13. The van der Waals surface area contributed by atoms with Crippen molar-refractivity contribution in [3.63, 3.8) is 0 Å². The molecule has 1 aliphatic rings. The van der Waals surface area contributed by atoms with Gasteiger partial charge in [0.1, 0.15) is 5.82 Å². The Hall–Kier alpha value is -2.67. The third-order valence-corrected chi connectivity index (χ3v) is 5.89. The zero-order chi connectivity index (χ0) is 18.8. The Balaban J connectivity index is 1.33. The van der Waals surface area contributed by atoms with E-state index in [1.54, 1.807) is 23.5 Å². The monoisotopic (exact) mass is 384 g/mol. The molecule has 140 valence electrons. The summed E-state index contributed by atoms with van der Waals surface area (Å²) in [5.74, 6) is -0.272. The van der Waals surface area contributed by atoms with E-state index in [-0.39, 0.29) is 11.8 Å². The second-order valence-electron chi connectivity index (χ2n) is 6.68. The van der Waals surface area contributed by atoms with E-state index in [4.69, 9.17) is 4.98 Å². The van der Waals surface area contributed by atoms with Gasteiger partial charge in [0.15, 0.2) is 5.13 Å². The molecule has 2 aromatic carbocycles. The van der Waals surface area contributed by atoms with Crippen molar-refractivity contribution >= 4 is 32.7 Å². The van der Waals surface area contributed by atoms with Crippen LogP contribution in [0.25, 0.3) is 10.2 Å². The molecule has 0 bridgehead atoms. The van der Waals surface area contributed by atoms with Gasteiger partial charge in [-0.2, -0.15) is 0 Å². The maximum absolute atomic E-state index is 12.9. The van der Waals surface area contributed by atoms with Crippen molar-refractivity contribution in [3.05, 3.63) is 59.4 Å². The fourth-order valence-electron chi connectivity index (χ4n) is 3.20. The molecular weight excluding hydrogens is 363 g/mol. The highest BCUT2D eigenvalue weighted by molar-refractivity contribution is 7.22. The smallest absolute Gasteiger partial charge is 0.317 e. The number of nitrogens with one attached hydrogen (secondary N) is 1. The van der Waals surface area contributed by atoms with Crippen molar-refractivity contribution in [1.29, 1.82) is 0 Å². The van der Waals surface area contributed by atoms with E-state index in [0.717, 1.165) is 29.3 Å². The van der Waals surface area contributed by atoms with Crippen LogP contribution in [-0.4, -0.2) is 42.1 Å². The number of hydrogen-bond donors (Lipinski definition) is 1. The third-order valence-electron chi connectivity index (χ3n) is 4.80. The first-order valence-corrected chi connectivity index (χ1v) is 9.80. The number of anilines is 1. The summed E-state index contributed by atoms with van der Waals surface area (Å²) < 4.78 is 14.1. The zero-order valence-corrected chi connectivity index (χ0v) is 15.9. The number of urea groups is 1. The number of benzene rings is 2. The SMILES string of the molecule is Cc1cccc2sc(N3CCN(C(=O)NCc4ccc(F)cc4)CC3)nc12. The molecule has 2 heterocycles. The number of hydrogen-bond acceptors (Lipinski definition) is 4. The van der Waals surface area contributed by atoms with Crippen LogP contribution in [0, 0.1) is 12.7 Å². The number of fused-ring (bicyclic) bond motifs is 1. The molecule has 1 saturated heterocycles. The molecule has 0 unspecified atom stereocenters. The van der Waals surface area contributed by atoms with E-state index in [1.807, 2.05) is 4.90 Å². The van der Waals surface area contributed by atoms with E-state index in [2.05, 4.69) is 35.3 Å². The maximum Gasteiger partial charge on any atom is 0.317 e. The molecule has 7 heteroatoms. The number of aromatic nitrogens is 1. The number of halogens is 1. The third kappa shape index (κ3) is 3.88. The highest BCUT2D eigenvalue weighted by Crippen LogP contribution is 2.30. The summed E-state index contributed by atoms with van der Waals surface area (Å²) in [4.78, 5) is 21.2. The summed E-state index contributed by atoms with van der Waals surface area (Å²) in [6.07, 6.45) is 0. The predicted molar refractivity (Wildman–Crippen MR) is 107 cm³/mol. The van der Waals surface area contributed by atoms with Crippen LogP contribution in [0.5, 0.6) is 0 Å². The Morgan fingerprint density at radius 3 is 2.59 bits per heavy atom. The number of para-hydroxylation sites is 1. The van der Waals surface area contributed by atoms with Crippen LogP contribution < -0.4 is 10.2 Å². The fourth-order valence-corrected chi connectivity index (χ4v) is 4.30. The van der Waals surface area contributed by atoms with E-state index in [9.17, 15) is 9.18 Å². The average molecular weight is 384 g/mol. The second-order valence-corrected chi connectivity index (χ2v) is 7.69. The van der Waals surface area contributed by atoms with Crippen LogP contribution in [-0.2, 0) is 6.54 Å². The van der Waals surface area contributed by atoms with Gasteiger partial charge in [-0.3, -0.25) is 0 Å². The quantitative estimate of drug-likeness (QED) is 0.748. The molecule has 0 aliphatic carbocycles. The molecule has 2 amide bonds. The lowest BCUT2D eigenvalue weighted by Gasteiger charge is -2.34. The Labute approximate surface area is 161 Å². The van der Waals surface area contributed by atoms with Gasteiger partial charge in [-0.05, 0) is 36.2 Å². The number of carbonyl (C=O) groups is 1. The molecule has 3 aromatic rings. The fraction of sp³-hybridized carbons (Fsp3) is 0.300. The van der Waals surface area contributed by atoms with Gasteiger partial charge in [-0.15, -0.1) is 0 Å². The Morgan fingerprint density at radius 2 is 1.89 bits per heavy atom. The molecule has 0 saturated carbocycles. The molecule has 0 atom stereocenters. The van der Waals surface area contributed by atoms with E-state index < -0.39 is 0 Å². The Bertz CT molecular complexity index is 948. The number of amides is 2. The molecule has 5 nitrogen and oxygen atoms in total. The van der Waals surface area contributed by atoms with Crippen LogP contribution in [0.15, 0.2) is 42.5 Å². The van der Waals surface area contributed by atoms with Crippen molar-refractivity contribution in [2.75, 3.05) is 31.1 Å². The molecule has 1 fully saturated rings. The summed E-state index contributed by atoms with van der Waals surface area (Å²) in [5.41, 5.74) is 3.14. The number of thiazole rings is 1. The van der Waals surface area contributed by atoms with Gasteiger partial charge in [-0.1, -0.05) is 35.6 Å². The van der Waals surface area contributed by atoms with Crippen molar-refractivity contribution in [2.24, 2.45) is 0 Å². The summed E-state index contributed by atoms with van der Waals surface area (Å²) in [6, 6.07) is 12.3. The van der Waals surface area contributed by atoms with Crippen molar-refractivity contribution in [3.8, 4) is 0 Å². The highest BCUT2D eigenvalue weighted by atomic mass is 32.1. The first kappa shape index (κ1) is 17.7. The van der Waals surface area contributed by atoms with Gasteiger partial charge in [0.2, 0.25) is 0 Å². The van der Waals surface area contributed by atoms with Crippen LogP contribution in [0.4, 0.5) is 14.3 Å². The normalized spacial score (nSPS) is 14.6. The van der Waals surface area contributed by atoms with Crippen LogP contribution in [0.1, 0.15) is 11.1 Å². The van der Waals surface area contributed by atoms with Gasteiger partial charge in [0, 0.05) is 32.7 Å². The molecule has 1 aromatic heterocycles. The number of carbonyl (C=O) groups excluding carboxylic acids is 1. The van der Waals surface area contributed by atoms with Gasteiger partial charge in [-0.25, -0.2) is 14.2 Å². The lowest BCUT2D eigenvalue weighted by atomic mass is 10.2. The lowest BCUT2D eigenvalue weighted by molar-refractivity contribution is 0.194. The van der Waals surface area contributed by atoms with Gasteiger partial charge < -0.3 is 15.1 Å². The molecule has 27 heavy (non-hydrogen) atoms. The number of nitrogens with zero attached hydrogens (tertiary/aromatic N) is 3. The number of aryl methyl sites for hydroxylation is 1. The van der Waals surface area contributed by atoms with Gasteiger partial charge in [0.05, 0.1) is 10.2 Å². The van der Waals surface area contributed by atoms with E-state index >= 15 is 0 Å². The first-order valence-electron chi connectivity index (χ1n) is 8.98. The van der Waals surface area contributed by atoms with Gasteiger partial charge in [0.25, 0.3) is 0 Å². The van der Waals surface area contributed by atoms with Crippen molar-refractivity contribution in [2.45, 2.75) is 13.5 Å². The van der Waals surface area contributed by atoms with Crippen LogP contribution in [0.3, 0.4) is 0 Å². The summed E-state index contributed by atoms with van der Waals surface area (Å²) in [7, 11) is 0. The van der Waals surface area contributed by atoms with Crippen LogP contribution in [0.2, 0.25) is 0 Å². The predicted octanol–water partition coefficient (Wildman–Crippen LogP) is 3.78. The zero-order valence-electron chi connectivity index (χ0n) is 15.1. The molecule has 1 aliphatic heterocycles. The van der Waals surface area contributed by atoms with Crippen molar-refractivity contribution in [1.82, 2.24) is 15.2 Å². The topological polar surface area (TPSA) is 48.5 Å². The minimum Gasteiger partial charge on any atom is -0.345 e. The Morgan fingerprint density at radius 1 is 1.15 bits per heavy atom. The van der Waals surface area contributed by atoms with Gasteiger partial charge >= 0.3 is 6.03 Å². The maximum atomic E-state index is 12.9. The standard InChI is InChI=1S/C20H21FN4OS/c1-14-3-2-4-17-18(14)23-20(27-17)25-11-9-24(10-12-25)19(26)22-13-15-5-7-16(21)8-6-15/h2-8H,9-13H2,1H3,(H,22,26).